The largest absolute Gasteiger partial charge is 0.409 e. The maximum absolute atomic E-state index is 8.61. The first-order valence-electron chi connectivity index (χ1n) is 6.41. The van der Waals surface area contributed by atoms with E-state index in [1.165, 1.54) is 23.3 Å². The highest BCUT2D eigenvalue weighted by atomic mass is 32.1. The van der Waals surface area contributed by atoms with Crippen LogP contribution in [-0.2, 0) is 13.0 Å². The molecule has 2 rings (SSSR count). The topological polar surface area (TPSA) is 70.6 Å². The molecule has 5 heteroatoms. The van der Waals surface area contributed by atoms with Crippen LogP contribution in [0.1, 0.15) is 36.6 Å². The van der Waals surface area contributed by atoms with E-state index < -0.39 is 0 Å². The summed E-state index contributed by atoms with van der Waals surface area (Å²) < 4.78 is 0. The Morgan fingerprint density at radius 1 is 1.61 bits per heavy atom. The number of oxime groups is 1. The highest BCUT2D eigenvalue weighted by Crippen LogP contribution is 2.48. The molecule has 1 aromatic rings. The molecular formula is C13H21N3OS. The summed E-state index contributed by atoms with van der Waals surface area (Å²) in [6.45, 7) is 4.06. The molecule has 100 valence electrons. The van der Waals surface area contributed by atoms with E-state index >= 15 is 0 Å². The van der Waals surface area contributed by atoms with Crippen molar-refractivity contribution in [2.45, 2.75) is 39.2 Å². The predicted octanol–water partition coefficient (Wildman–Crippen LogP) is 2.32. The van der Waals surface area contributed by atoms with Gasteiger partial charge in [0.25, 0.3) is 0 Å². The van der Waals surface area contributed by atoms with Gasteiger partial charge in [-0.3, -0.25) is 0 Å². The lowest BCUT2D eigenvalue weighted by molar-refractivity contribution is 0.314. The number of hydrogen-bond acceptors (Lipinski definition) is 4. The van der Waals surface area contributed by atoms with Crippen LogP contribution in [0.2, 0.25) is 0 Å². The number of nitrogens with zero attached hydrogens (tertiary/aromatic N) is 1. The van der Waals surface area contributed by atoms with Gasteiger partial charge in [-0.2, -0.15) is 0 Å². The first-order valence-corrected chi connectivity index (χ1v) is 7.29. The van der Waals surface area contributed by atoms with E-state index in [1.54, 1.807) is 0 Å². The monoisotopic (exact) mass is 267 g/mol. The Morgan fingerprint density at radius 3 is 3.00 bits per heavy atom. The fourth-order valence-electron chi connectivity index (χ4n) is 2.29. The predicted molar refractivity (Wildman–Crippen MR) is 75.1 cm³/mol. The molecule has 0 bridgehead atoms. The van der Waals surface area contributed by atoms with E-state index in [9.17, 15) is 0 Å². The Kier molecular flexibility index (Phi) is 4.24. The molecule has 0 aliphatic heterocycles. The molecule has 0 aromatic carbocycles. The van der Waals surface area contributed by atoms with Crippen LogP contribution >= 0.6 is 11.3 Å². The third-order valence-corrected chi connectivity index (χ3v) is 4.61. The zero-order valence-electron chi connectivity index (χ0n) is 10.8. The molecule has 0 amide bonds. The second kappa shape index (κ2) is 5.71. The summed E-state index contributed by atoms with van der Waals surface area (Å²) >= 11 is 1.81. The lowest BCUT2D eigenvalue weighted by Gasteiger charge is -2.15. The Balaban J connectivity index is 1.79. The maximum atomic E-state index is 8.61. The van der Waals surface area contributed by atoms with Crippen molar-refractivity contribution in [1.29, 1.82) is 0 Å². The molecule has 1 saturated carbocycles. The van der Waals surface area contributed by atoms with Crippen LogP contribution in [-0.4, -0.2) is 17.6 Å². The van der Waals surface area contributed by atoms with Crippen molar-refractivity contribution in [2.75, 3.05) is 6.54 Å². The van der Waals surface area contributed by atoms with Crippen LogP contribution in [0.25, 0.3) is 0 Å². The number of rotatable bonds is 7. The molecule has 0 spiro atoms. The minimum atomic E-state index is 0.236. The highest BCUT2D eigenvalue weighted by Gasteiger charge is 2.42. The highest BCUT2D eigenvalue weighted by molar-refractivity contribution is 7.10. The van der Waals surface area contributed by atoms with Crippen molar-refractivity contribution in [2.24, 2.45) is 16.3 Å². The van der Waals surface area contributed by atoms with Crippen LogP contribution in [0.15, 0.2) is 16.6 Å². The van der Waals surface area contributed by atoms with Gasteiger partial charge >= 0.3 is 0 Å². The lowest BCUT2D eigenvalue weighted by atomic mass is 10.0. The average Bonchev–Trinajstić information content (AvgIpc) is 2.97. The minimum absolute atomic E-state index is 0.236. The number of thiophene rings is 1. The SMILES string of the molecule is CCc1ccsc1CNCC1(CC(N)=NO)CC1. The second-order valence-electron chi connectivity index (χ2n) is 5.09. The molecule has 1 fully saturated rings. The number of aryl methyl sites for hydroxylation is 1. The van der Waals surface area contributed by atoms with E-state index in [0.29, 0.717) is 12.3 Å². The van der Waals surface area contributed by atoms with Gasteiger partial charge in [-0.1, -0.05) is 12.1 Å². The normalized spacial score (nSPS) is 17.9. The number of amidine groups is 1. The van der Waals surface area contributed by atoms with Crippen molar-refractivity contribution in [1.82, 2.24) is 5.32 Å². The van der Waals surface area contributed by atoms with E-state index in [-0.39, 0.29) is 5.41 Å². The van der Waals surface area contributed by atoms with Gasteiger partial charge in [0.15, 0.2) is 0 Å². The Bertz CT molecular complexity index is 424. The molecule has 1 aromatic heterocycles. The minimum Gasteiger partial charge on any atom is -0.409 e. The summed E-state index contributed by atoms with van der Waals surface area (Å²) in [5, 5.41) is 17.3. The van der Waals surface area contributed by atoms with Gasteiger partial charge in [0.05, 0.1) is 0 Å². The summed E-state index contributed by atoms with van der Waals surface area (Å²) in [4.78, 5) is 1.43. The molecule has 1 aliphatic carbocycles. The second-order valence-corrected chi connectivity index (χ2v) is 6.09. The van der Waals surface area contributed by atoms with Gasteiger partial charge in [0, 0.05) is 24.4 Å². The third-order valence-electron chi connectivity index (χ3n) is 3.65. The number of hydrogen-bond donors (Lipinski definition) is 3. The van der Waals surface area contributed by atoms with Crippen molar-refractivity contribution >= 4 is 17.2 Å². The van der Waals surface area contributed by atoms with E-state index in [0.717, 1.165) is 19.5 Å². The number of nitrogens with two attached hydrogens (primary N) is 1. The summed E-state index contributed by atoms with van der Waals surface area (Å²) in [6.07, 6.45) is 4.12. The van der Waals surface area contributed by atoms with Gasteiger partial charge in [-0.15, -0.1) is 11.3 Å². The molecule has 4 N–H and O–H groups in total. The van der Waals surface area contributed by atoms with E-state index in [4.69, 9.17) is 10.9 Å². The molecule has 0 saturated heterocycles. The zero-order chi connectivity index (χ0) is 13.0. The average molecular weight is 267 g/mol. The van der Waals surface area contributed by atoms with Gasteiger partial charge in [-0.25, -0.2) is 0 Å². The maximum Gasteiger partial charge on any atom is 0.139 e. The molecular weight excluding hydrogens is 246 g/mol. The summed E-state index contributed by atoms with van der Waals surface area (Å²) in [6, 6.07) is 2.20. The van der Waals surface area contributed by atoms with Crippen LogP contribution in [0, 0.1) is 5.41 Å². The van der Waals surface area contributed by atoms with Crippen LogP contribution in [0.3, 0.4) is 0 Å². The van der Waals surface area contributed by atoms with Crippen molar-refractivity contribution in [3.8, 4) is 0 Å². The molecule has 18 heavy (non-hydrogen) atoms. The quantitative estimate of drug-likeness (QED) is 0.307. The molecule has 0 unspecified atom stereocenters. The summed E-state index contributed by atoms with van der Waals surface area (Å²) in [7, 11) is 0. The smallest absolute Gasteiger partial charge is 0.139 e. The Morgan fingerprint density at radius 2 is 2.39 bits per heavy atom. The van der Waals surface area contributed by atoms with Gasteiger partial charge in [0.1, 0.15) is 5.84 Å². The molecule has 1 heterocycles. The molecule has 4 nitrogen and oxygen atoms in total. The first kappa shape index (κ1) is 13.4. The van der Waals surface area contributed by atoms with Gasteiger partial charge in [-0.05, 0) is 41.7 Å². The lowest BCUT2D eigenvalue weighted by Crippen LogP contribution is -2.28. The zero-order valence-corrected chi connectivity index (χ0v) is 11.6. The fourth-order valence-corrected chi connectivity index (χ4v) is 3.24. The van der Waals surface area contributed by atoms with E-state index in [2.05, 4.69) is 28.8 Å². The summed E-state index contributed by atoms with van der Waals surface area (Å²) in [5.41, 5.74) is 7.26. The van der Waals surface area contributed by atoms with Crippen LogP contribution < -0.4 is 11.1 Å². The van der Waals surface area contributed by atoms with Crippen molar-refractivity contribution in [3.05, 3.63) is 21.9 Å². The van der Waals surface area contributed by atoms with Crippen LogP contribution in [0.5, 0.6) is 0 Å². The van der Waals surface area contributed by atoms with Gasteiger partial charge < -0.3 is 16.3 Å². The van der Waals surface area contributed by atoms with E-state index in [1.807, 2.05) is 11.3 Å². The summed E-state index contributed by atoms with van der Waals surface area (Å²) in [5.74, 6) is 0.347. The third kappa shape index (κ3) is 3.23. The number of nitrogens with one attached hydrogen (secondary N) is 1. The molecule has 1 aliphatic rings. The van der Waals surface area contributed by atoms with Crippen molar-refractivity contribution in [3.63, 3.8) is 0 Å². The molecule has 0 atom stereocenters. The standard InChI is InChI=1S/C13H21N3OS/c1-2-10-3-6-18-11(10)8-15-9-13(4-5-13)7-12(14)16-17/h3,6,15,17H,2,4-5,7-9H2,1H3,(H2,14,16). The van der Waals surface area contributed by atoms with Gasteiger partial charge in [0.2, 0.25) is 0 Å². The molecule has 0 radical (unpaired) electrons. The Labute approximate surface area is 112 Å². The van der Waals surface area contributed by atoms with Crippen LogP contribution in [0.4, 0.5) is 0 Å². The fraction of sp³-hybridized carbons (Fsp3) is 0.615. The van der Waals surface area contributed by atoms with Crippen molar-refractivity contribution < 1.29 is 5.21 Å². The first-order chi connectivity index (χ1) is 8.69. The Hall–Kier alpha value is -1.07.